The second-order valence-electron chi connectivity index (χ2n) is 8.59. The van der Waals surface area contributed by atoms with Crippen molar-refractivity contribution in [3.63, 3.8) is 0 Å². The number of nitrogens with zero attached hydrogens (tertiary/aromatic N) is 3. The maximum absolute atomic E-state index is 13.6. The summed E-state index contributed by atoms with van der Waals surface area (Å²) in [4.78, 5) is 45.7. The van der Waals surface area contributed by atoms with Crippen molar-refractivity contribution in [2.75, 3.05) is 16.8 Å². The molecule has 4 aromatic rings. The third kappa shape index (κ3) is 4.21. The standard InChI is InChI=1S/C27H24N4O3S/c1-16-12-13-22(17(2)14-16)31-26(34)19-8-4-5-9-20(19)29-27(31)35-18(3)25(33)30-15-24(32)28-21-10-6-7-11-23(21)30/h4-14,18H,15H2,1-3H3,(H,28,32). The number of carbonyl (C=O) groups excluding carboxylic acids is 2. The molecule has 0 bridgehead atoms. The first kappa shape index (κ1) is 22.9. The number of amides is 2. The minimum atomic E-state index is -0.598. The maximum atomic E-state index is 13.6. The van der Waals surface area contributed by atoms with E-state index in [0.29, 0.717) is 27.4 Å². The highest BCUT2D eigenvalue weighted by Crippen LogP contribution is 2.33. The van der Waals surface area contributed by atoms with Crippen LogP contribution in [0.1, 0.15) is 18.1 Å². The molecule has 7 nitrogen and oxygen atoms in total. The number of fused-ring (bicyclic) bond motifs is 2. The van der Waals surface area contributed by atoms with Crippen molar-refractivity contribution in [1.29, 1.82) is 0 Å². The third-order valence-electron chi connectivity index (χ3n) is 6.00. The summed E-state index contributed by atoms with van der Waals surface area (Å²) >= 11 is 1.21. The van der Waals surface area contributed by atoms with Crippen molar-refractivity contribution in [3.8, 4) is 5.69 Å². The summed E-state index contributed by atoms with van der Waals surface area (Å²) in [6.07, 6.45) is 0. The molecule has 0 saturated carbocycles. The molecule has 1 atom stereocenters. The topological polar surface area (TPSA) is 84.3 Å². The highest BCUT2D eigenvalue weighted by atomic mass is 32.2. The van der Waals surface area contributed by atoms with Gasteiger partial charge in [-0.25, -0.2) is 4.98 Å². The largest absolute Gasteiger partial charge is 0.323 e. The zero-order valence-corrected chi connectivity index (χ0v) is 20.4. The van der Waals surface area contributed by atoms with Crippen LogP contribution in [0.15, 0.2) is 76.7 Å². The second-order valence-corrected chi connectivity index (χ2v) is 9.90. The molecule has 1 aliphatic heterocycles. The van der Waals surface area contributed by atoms with E-state index in [9.17, 15) is 14.4 Å². The Balaban J connectivity index is 1.58. The lowest BCUT2D eigenvalue weighted by Gasteiger charge is -2.31. The van der Waals surface area contributed by atoms with Gasteiger partial charge in [-0.3, -0.25) is 23.9 Å². The zero-order chi connectivity index (χ0) is 24.7. The molecule has 1 unspecified atom stereocenters. The molecule has 35 heavy (non-hydrogen) atoms. The lowest BCUT2D eigenvalue weighted by Crippen LogP contribution is -2.45. The summed E-state index contributed by atoms with van der Waals surface area (Å²) < 4.78 is 1.59. The molecule has 3 aromatic carbocycles. The van der Waals surface area contributed by atoms with E-state index in [1.165, 1.54) is 16.7 Å². The Morgan fingerprint density at radius 2 is 1.74 bits per heavy atom. The summed E-state index contributed by atoms with van der Waals surface area (Å²) in [5.74, 6) is -0.475. The number of carbonyl (C=O) groups is 2. The van der Waals surface area contributed by atoms with E-state index in [1.807, 2.05) is 62.4 Å². The van der Waals surface area contributed by atoms with Crippen LogP contribution in [0.5, 0.6) is 0 Å². The molecule has 176 valence electrons. The van der Waals surface area contributed by atoms with Crippen LogP contribution in [-0.4, -0.2) is 33.2 Å². The Bertz CT molecular complexity index is 1550. The fourth-order valence-electron chi connectivity index (χ4n) is 4.32. The Morgan fingerprint density at radius 3 is 2.54 bits per heavy atom. The van der Waals surface area contributed by atoms with Crippen molar-refractivity contribution >= 4 is 45.9 Å². The predicted octanol–water partition coefficient (Wildman–Crippen LogP) is 4.47. The monoisotopic (exact) mass is 484 g/mol. The Kier molecular flexibility index (Phi) is 5.90. The van der Waals surface area contributed by atoms with Gasteiger partial charge in [0.25, 0.3) is 5.56 Å². The minimum Gasteiger partial charge on any atom is -0.323 e. The number of hydrogen-bond donors (Lipinski definition) is 1. The highest BCUT2D eigenvalue weighted by Gasteiger charge is 2.31. The van der Waals surface area contributed by atoms with Crippen LogP contribution in [-0.2, 0) is 9.59 Å². The first-order valence-corrected chi connectivity index (χ1v) is 12.2. The van der Waals surface area contributed by atoms with Crippen LogP contribution in [0.3, 0.4) is 0 Å². The van der Waals surface area contributed by atoms with E-state index in [-0.39, 0.29) is 23.9 Å². The first-order chi connectivity index (χ1) is 16.8. The van der Waals surface area contributed by atoms with Crippen LogP contribution >= 0.6 is 11.8 Å². The van der Waals surface area contributed by atoms with Gasteiger partial charge in [-0.15, -0.1) is 0 Å². The smallest absolute Gasteiger partial charge is 0.266 e. The van der Waals surface area contributed by atoms with E-state index in [2.05, 4.69) is 5.32 Å². The maximum Gasteiger partial charge on any atom is 0.266 e. The predicted molar refractivity (Wildman–Crippen MR) is 140 cm³/mol. The van der Waals surface area contributed by atoms with Gasteiger partial charge < -0.3 is 5.32 Å². The average molecular weight is 485 g/mol. The van der Waals surface area contributed by atoms with Gasteiger partial charge >= 0.3 is 0 Å². The summed E-state index contributed by atoms with van der Waals surface area (Å²) in [5, 5.41) is 3.15. The molecule has 0 radical (unpaired) electrons. The number of nitrogens with one attached hydrogen (secondary N) is 1. The molecule has 1 aliphatic rings. The van der Waals surface area contributed by atoms with Gasteiger partial charge in [0.15, 0.2) is 5.16 Å². The number of aromatic nitrogens is 2. The number of para-hydroxylation sites is 3. The molecule has 0 aliphatic carbocycles. The van der Waals surface area contributed by atoms with Crippen LogP contribution in [0, 0.1) is 13.8 Å². The highest BCUT2D eigenvalue weighted by molar-refractivity contribution is 8.00. The molecule has 1 N–H and O–H groups in total. The fraction of sp³-hybridized carbons (Fsp3) is 0.185. The summed E-state index contributed by atoms with van der Waals surface area (Å²) in [7, 11) is 0. The molecule has 0 spiro atoms. The van der Waals surface area contributed by atoms with Crippen molar-refractivity contribution in [3.05, 3.63) is 88.2 Å². The van der Waals surface area contributed by atoms with Crippen molar-refractivity contribution < 1.29 is 9.59 Å². The number of thioether (sulfide) groups is 1. The van der Waals surface area contributed by atoms with Crippen molar-refractivity contribution in [2.45, 2.75) is 31.2 Å². The Morgan fingerprint density at radius 1 is 1.00 bits per heavy atom. The summed E-state index contributed by atoms with van der Waals surface area (Å²) in [6.45, 7) is 5.67. The zero-order valence-electron chi connectivity index (χ0n) is 19.6. The van der Waals surface area contributed by atoms with Gasteiger partial charge in [-0.2, -0.15) is 0 Å². The summed E-state index contributed by atoms with van der Waals surface area (Å²) in [5.41, 5.74) is 4.40. The van der Waals surface area contributed by atoms with Gasteiger partial charge in [0.1, 0.15) is 6.54 Å². The lowest BCUT2D eigenvalue weighted by molar-refractivity contribution is -0.121. The molecule has 8 heteroatoms. The van der Waals surface area contributed by atoms with E-state index in [0.717, 1.165) is 16.8 Å². The van der Waals surface area contributed by atoms with Gasteiger partial charge in [0.2, 0.25) is 11.8 Å². The number of rotatable bonds is 4. The lowest BCUT2D eigenvalue weighted by atomic mass is 10.1. The van der Waals surface area contributed by atoms with E-state index in [4.69, 9.17) is 4.98 Å². The molecule has 0 fully saturated rings. The van der Waals surface area contributed by atoms with Gasteiger partial charge in [0, 0.05) is 0 Å². The normalized spacial score (nSPS) is 13.9. The molecule has 0 saturated heterocycles. The van der Waals surface area contributed by atoms with Gasteiger partial charge in [0.05, 0.1) is 33.2 Å². The third-order valence-corrected chi connectivity index (χ3v) is 7.04. The average Bonchev–Trinajstić information content (AvgIpc) is 2.84. The second kappa shape index (κ2) is 9.03. The molecule has 5 rings (SSSR count). The van der Waals surface area contributed by atoms with Gasteiger partial charge in [-0.05, 0) is 56.7 Å². The van der Waals surface area contributed by atoms with Gasteiger partial charge in [-0.1, -0.05) is 53.7 Å². The van der Waals surface area contributed by atoms with E-state index < -0.39 is 5.25 Å². The van der Waals surface area contributed by atoms with Crippen molar-refractivity contribution in [2.24, 2.45) is 0 Å². The van der Waals surface area contributed by atoms with Crippen LogP contribution in [0.2, 0.25) is 0 Å². The Hall–Kier alpha value is -3.91. The SMILES string of the molecule is Cc1ccc(-n2c(SC(C)C(=O)N3CC(=O)Nc4ccccc43)nc3ccccc3c2=O)c(C)c1. The number of benzene rings is 3. The number of aryl methyl sites for hydroxylation is 2. The molecule has 1 aromatic heterocycles. The number of anilines is 2. The van der Waals surface area contributed by atoms with Crippen LogP contribution in [0.4, 0.5) is 11.4 Å². The van der Waals surface area contributed by atoms with Crippen molar-refractivity contribution in [1.82, 2.24) is 9.55 Å². The van der Waals surface area contributed by atoms with E-state index in [1.54, 1.807) is 29.7 Å². The van der Waals surface area contributed by atoms with Crippen LogP contribution < -0.4 is 15.8 Å². The molecule has 2 heterocycles. The quantitative estimate of drug-likeness (QED) is 0.341. The molecular weight excluding hydrogens is 460 g/mol. The first-order valence-electron chi connectivity index (χ1n) is 11.3. The Labute approximate surface area is 206 Å². The number of hydrogen-bond acceptors (Lipinski definition) is 5. The minimum absolute atomic E-state index is 0.0598. The fourth-order valence-corrected chi connectivity index (χ4v) is 5.30. The molecular formula is C27H24N4O3S. The molecule has 2 amide bonds. The van der Waals surface area contributed by atoms with Crippen LogP contribution in [0.25, 0.3) is 16.6 Å². The van der Waals surface area contributed by atoms with E-state index >= 15 is 0 Å². The summed E-state index contributed by atoms with van der Waals surface area (Å²) in [6, 6.07) is 20.3.